The van der Waals surface area contributed by atoms with Gasteiger partial charge in [-0.3, -0.25) is 4.79 Å². The van der Waals surface area contributed by atoms with Crippen molar-refractivity contribution in [2.24, 2.45) is 0 Å². The first-order chi connectivity index (χ1) is 15.9. The Bertz CT molecular complexity index is 1100. The van der Waals surface area contributed by atoms with Crippen molar-refractivity contribution in [3.8, 4) is 5.88 Å². The normalized spacial score (nSPS) is 15.3. The molecule has 1 aliphatic rings. The Morgan fingerprint density at radius 1 is 1.06 bits per heavy atom. The number of nitrogens with zero attached hydrogens (tertiary/aromatic N) is 4. The SMILES string of the molecule is CC(=O)c1ccc(Sc2cnc(N3CCN(C)CC3)nc2O[C@H](C)c2ccc(F)cc2)cc1. The van der Waals surface area contributed by atoms with Crippen LogP contribution in [0.25, 0.3) is 0 Å². The first-order valence-electron chi connectivity index (χ1n) is 10.9. The van der Waals surface area contributed by atoms with Gasteiger partial charge in [-0.25, -0.2) is 9.37 Å². The maximum absolute atomic E-state index is 13.4. The Balaban J connectivity index is 1.61. The summed E-state index contributed by atoms with van der Waals surface area (Å²) in [6.07, 6.45) is 1.47. The van der Waals surface area contributed by atoms with Crippen LogP contribution in [0.4, 0.5) is 10.3 Å². The van der Waals surface area contributed by atoms with E-state index < -0.39 is 0 Å². The molecule has 33 heavy (non-hydrogen) atoms. The highest BCUT2D eigenvalue weighted by Gasteiger charge is 2.20. The van der Waals surface area contributed by atoms with E-state index in [1.165, 1.54) is 23.9 Å². The van der Waals surface area contributed by atoms with Gasteiger partial charge >= 0.3 is 0 Å². The number of rotatable bonds is 7. The molecule has 1 fully saturated rings. The molecule has 8 heteroatoms. The average Bonchev–Trinajstić information content (AvgIpc) is 2.81. The van der Waals surface area contributed by atoms with Gasteiger partial charge in [0.1, 0.15) is 11.9 Å². The fraction of sp³-hybridized carbons (Fsp3) is 0.320. The molecular weight excluding hydrogens is 439 g/mol. The first kappa shape index (κ1) is 23.2. The smallest absolute Gasteiger partial charge is 0.233 e. The zero-order valence-corrected chi connectivity index (χ0v) is 19.8. The number of carbonyl (C=O) groups is 1. The van der Waals surface area contributed by atoms with Gasteiger partial charge in [-0.05, 0) is 50.7 Å². The van der Waals surface area contributed by atoms with Gasteiger partial charge in [0.15, 0.2) is 5.78 Å². The number of Topliss-reactive ketones (excluding diaryl/α,β-unsaturated/α-hetero) is 1. The monoisotopic (exact) mass is 466 g/mol. The van der Waals surface area contributed by atoms with Gasteiger partial charge in [-0.15, -0.1) is 0 Å². The number of ketones is 1. The summed E-state index contributed by atoms with van der Waals surface area (Å²) in [5.74, 6) is 0.872. The quantitative estimate of drug-likeness (QED) is 0.461. The summed E-state index contributed by atoms with van der Waals surface area (Å²) in [7, 11) is 2.11. The minimum absolute atomic E-state index is 0.0311. The van der Waals surface area contributed by atoms with Crippen LogP contribution in [0, 0.1) is 5.82 Å². The molecule has 1 atom stereocenters. The Morgan fingerprint density at radius 2 is 1.73 bits per heavy atom. The van der Waals surface area contributed by atoms with Gasteiger partial charge in [-0.1, -0.05) is 36.0 Å². The summed E-state index contributed by atoms with van der Waals surface area (Å²) in [4.78, 5) is 27.1. The van der Waals surface area contributed by atoms with E-state index in [0.717, 1.165) is 41.5 Å². The molecule has 0 N–H and O–H groups in total. The number of anilines is 1. The molecule has 0 bridgehead atoms. The van der Waals surface area contributed by atoms with E-state index in [1.807, 2.05) is 31.2 Å². The van der Waals surface area contributed by atoms with Crippen molar-refractivity contribution < 1.29 is 13.9 Å². The average molecular weight is 467 g/mol. The predicted molar refractivity (Wildman–Crippen MR) is 128 cm³/mol. The molecule has 3 aromatic rings. The molecule has 2 aromatic carbocycles. The molecule has 172 valence electrons. The minimum atomic E-state index is -0.319. The van der Waals surface area contributed by atoms with Gasteiger partial charge in [0.25, 0.3) is 0 Å². The number of piperazine rings is 1. The van der Waals surface area contributed by atoms with Gasteiger partial charge in [0, 0.05) is 36.6 Å². The van der Waals surface area contributed by atoms with E-state index in [-0.39, 0.29) is 17.7 Å². The lowest BCUT2D eigenvalue weighted by molar-refractivity contribution is 0.101. The van der Waals surface area contributed by atoms with E-state index in [2.05, 4.69) is 21.8 Å². The third-order valence-corrected chi connectivity index (χ3v) is 6.62. The largest absolute Gasteiger partial charge is 0.469 e. The fourth-order valence-corrected chi connectivity index (χ4v) is 4.33. The summed E-state index contributed by atoms with van der Waals surface area (Å²) < 4.78 is 19.6. The number of aromatic nitrogens is 2. The standard InChI is InChI=1S/C25H27FN4O2S/c1-17(31)19-6-10-22(11-7-19)33-23-16-27-25(30-14-12-29(3)13-15-30)28-24(23)32-18(2)20-4-8-21(26)9-5-20/h4-11,16,18H,12-15H2,1-3H3/t18-/m1/s1. The molecule has 0 amide bonds. The number of ether oxygens (including phenoxy) is 1. The summed E-state index contributed by atoms with van der Waals surface area (Å²) in [5, 5.41) is 0. The molecule has 6 nitrogen and oxygen atoms in total. The third kappa shape index (κ3) is 5.89. The molecule has 0 aliphatic carbocycles. The highest BCUT2D eigenvalue weighted by atomic mass is 32.2. The third-order valence-electron chi connectivity index (χ3n) is 5.61. The lowest BCUT2D eigenvalue weighted by Gasteiger charge is -2.32. The van der Waals surface area contributed by atoms with Crippen molar-refractivity contribution in [3.63, 3.8) is 0 Å². The zero-order valence-electron chi connectivity index (χ0n) is 19.0. The Kier molecular flexibility index (Phi) is 7.25. The van der Waals surface area contributed by atoms with Gasteiger partial charge in [0.05, 0.1) is 11.1 Å². The molecule has 1 saturated heterocycles. The van der Waals surface area contributed by atoms with Crippen LogP contribution >= 0.6 is 11.8 Å². The van der Waals surface area contributed by atoms with E-state index in [1.54, 1.807) is 25.3 Å². The van der Waals surface area contributed by atoms with Gasteiger partial charge in [0.2, 0.25) is 11.8 Å². The maximum atomic E-state index is 13.4. The van der Waals surface area contributed by atoms with Crippen molar-refractivity contribution in [2.45, 2.75) is 29.7 Å². The van der Waals surface area contributed by atoms with Crippen LogP contribution < -0.4 is 9.64 Å². The van der Waals surface area contributed by atoms with Crippen LogP contribution in [0.2, 0.25) is 0 Å². The van der Waals surface area contributed by atoms with Gasteiger partial charge in [-0.2, -0.15) is 4.98 Å². The summed E-state index contributed by atoms with van der Waals surface area (Å²) >= 11 is 1.48. The second-order valence-corrected chi connectivity index (χ2v) is 9.24. The number of benzene rings is 2. The molecule has 0 spiro atoms. The minimum Gasteiger partial charge on any atom is -0.469 e. The second-order valence-electron chi connectivity index (χ2n) is 8.12. The number of hydrogen-bond donors (Lipinski definition) is 0. The molecular formula is C25H27FN4O2S. The topological polar surface area (TPSA) is 58.6 Å². The van der Waals surface area contributed by atoms with Crippen molar-refractivity contribution in [1.82, 2.24) is 14.9 Å². The van der Waals surface area contributed by atoms with Crippen LogP contribution in [0.3, 0.4) is 0 Å². The van der Waals surface area contributed by atoms with Crippen molar-refractivity contribution in [2.75, 3.05) is 38.1 Å². The van der Waals surface area contributed by atoms with Crippen LogP contribution in [0.1, 0.15) is 35.9 Å². The Labute approximate surface area is 197 Å². The maximum Gasteiger partial charge on any atom is 0.233 e. The van der Waals surface area contributed by atoms with Crippen LogP contribution in [0.5, 0.6) is 5.88 Å². The summed E-state index contributed by atoms with van der Waals surface area (Å²) in [6.45, 7) is 7.07. The predicted octanol–water partition coefficient (Wildman–Crippen LogP) is 4.86. The molecule has 0 unspecified atom stereocenters. The number of halogens is 1. The van der Waals surface area contributed by atoms with E-state index in [4.69, 9.17) is 9.72 Å². The Morgan fingerprint density at radius 3 is 2.36 bits per heavy atom. The lowest BCUT2D eigenvalue weighted by atomic mass is 10.1. The highest BCUT2D eigenvalue weighted by molar-refractivity contribution is 7.99. The Hall–Kier alpha value is -2.97. The van der Waals surface area contributed by atoms with E-state index in [9.17, 15) is 9.18 Å². The number of carbonyl (C=O) groups excluding carboxylic acids is 1. The van der Waals surface area contributed by atoms with Crippen molar-refractivity contribution >= 4 is 23.5 Å². The lowest BCUT2D eigenvalue weighted by Crippen LogP contribution is -2.45. The number of likely N-dealkylation sites (N-methyl/N-ethyl adjacent to an activating group) is 1. The molecule has 1 aliphatic heterocycles. The fourth-order valence-electron chi connectivity index (χ4n) is 3.51. The number of hydrogen-bond acceptors (Lipinski definition) is 7. The molecule has 4 rings (SSSR count). The highest BCUT2D eigenvalue weighted by Crippen LogP contribution is 2.36. The molecule has 0 saturated carbocycles. The zero-order chi connectivity index (χ0) is 23.4. The summed E-state index contributed by atoms with van der Waals surface area (Å²) in [5.41, 5.74) is 1.53. The van der Waals surface area contributed by atoms with Crippen LogP contribution in [-0.4, -0.2) is 53.9 Å². The van der Waals surface area contributed by atoms with Crippen molar-refractivity contribution in [3.05, 3.63) is 71.7 Å². The van der Waals surface area contributed by atoms with E-state index >= 15 is 0 Å². The first-order valence-corrected chi connectivity index (χ1v) is 11.7. The van der Waals surface area contributed by atoms with Crippen LogP contribution in [0.15, 0.2) is 64.5 Å². The van der Waals surface area contributed by atoms with Gasteiger partial charge < -0.3 is 14.5 Å². The second kappa shape index (κ2) is 10.3. The molecule has 1 aromatic heterocycles. The molecule has 0 radical (unpaired) electrons. The molecule has 2 heterocycles. The van der Waals surface area contributed by atoms with E-state index in [0.29, 0.717) is 17.4 Å². The summed E-state index contributed by atoms with van der Waals surface area (Å²) in [6, 6.07) is 13.7. The van der Waals surface area contributed by atoms with Crippen molar-refractivity contribution in [1.29, 1.82) is 0 Å². The van der Waals surface area contributed by atoms with Crippen LogP contribution in [-0.2, 0) is 0 Å².